The van der Waals surface area contributed by atoms with Crippen LogP contribution in [0.5, 0.6) is 0 Å². The van der Waals surface area contributed by atoms with Gasteiger partial charge in [-0.25, -0.2) is 0 Å². The molecule has 0 bridgehead atoms. The van der Waals surface area contributed by atoms with Crippen LogP contribution in [0.25, 0.3) is 11.1 Å². The molecule has 1 fully saturated rings. The molecule has 0 unspecified atom stereocenters. The first-order valence-corrected chi connectivity index (χ1v) is 9.82. The molecule has 2 aromatic rings. The summed E-state index contributed by atoms with van der Waals surface area (Å²) >= 11 is 0. The van der Waals surface area contributed by atoms with Gasteiger partial charge >= 0.3 is 6.18 Å². The Labute approximate surface area is 171 Å². The van der Waals surface area contributed by atoms with E-state index in [0.29, 0.717) is 11.3 Å². The van der Waals surface area contributed by atoms with Crippen LogP contribution in [0.15, 0.2) is 60.1 Å². The maximum absolute atomic E-state index is 14.6. The van der Waals surface area contributed by atoms with Gasteiger partial charge in [-0.05, 0) is 55.4 Å². The summed E-state index contributed by atoms with van der Waals surface area (Å²) in [4.78, 5) is 14.0. The molecule has 1 heterocycles. The van der Waals surface area contributed by atoms with Gasteiger partial charge in [-0.1, -0.05) is 42.5 Å². The Hall–Kier alpha value is -2.83. The number of alkyl halides is 3. The SMILES string of the molecule is Cc1ccc(-c2ccccc2)cc1N1C(=O)C(F)=C(O)C12CCC(C(F)(F)F)CC2. The molecule has 3 nitrogen and oxygen atoms in total. The minimum Gasteiger partial charge on any atom is -0.507 e. The average molecular weight is 419 g/mol. The summed E-state index contributed by atoms with van der Waals surface area (Å²) in [6.45, 7) is 1.75. The molecule has 7 heteroatoms. The van der Waals surface area contributed by atoms with E-state index < -0.39 is 35.1 Å². The minimum absolute atomic E-state index is 0.156. The quantitative estimate of drug-likeness (QED) is 0.586. The van der Waals surface area contributed by atoms with Crippen LogP contribution in [0.4, 0.5) is 23.2 Å². The Bertz CT molecular complexity index is 1010. The van der Waals surface area contributed by atoms with Crippen molar-refractivity contribution in [2.75, 3.05) is 4.90 Å². The number of hydrogen-bond acceptors (Lipinski definition) is 2. The Kier molecular flexibility index (Phi) is 4.87. The van der Waals surface area contributed by atoms with Gasteiger partial charge in [0, 0.05) is 5.69 Å². The third-order valence-corrected chi connectivity index (χ3v) is 6.30. The van der Waals surface area contributed by atoms with E-state index in [1.165, 1.54) is 4.90 Å². The lowest BCUT2D eigenvalue weighted by molar-refractivity contribution is -0.184. The second-order valence-electron chi connectivity index (χ2n) is 8.02. The summed E-state index contributed by atoms with van der Waals surface area (Å²) < 4.78 is 54.1. The van der Waals surface area contributed by atoms with Crippen molar-refractivity contribution in [1.29, 1.82) is 0 Å². The van der Waals surface area contributed by atoms with E-state index in [4.69, 9.17) is 0 Å². The van der Waals surface area contributed by atoms with Crippen molar-refractivity contribution in [2.24, 2.45) is 5.92 Å². The number of rotatable bonds is 2. The zero-order valence-corrected chi connectivity index (χ0v) is 16.3. The molecule has 2 aromatic carbocycles. The van der Waals surface area contributed by atoms with E-state index in [0.717, 1.165) is 11.1 Å². The fourth-order valence-corrected chi connectivity index (χ4v) is 4.59. The zero-order valence-electron chi connectivity index (χ0n) is 16.3. The van der Waals surface area contributed by atoms with Gasteiger partial charge in [0.1, 0.15) is 5.54 Å². The first-order valence-electron chi connectivity index (χ1n) is 9.82. The number of aliphatic hydroxyl groups excluding tert-OH is 1. The van der Waals surface area contributed by atoms with Crippen LogP contribution in [0.1, 0.15) is 31.2 Å². The molecule has 1 aliphatic heterocycles. The third-order valence-electron chi connectivity index (χ3n) is 6.30. The Morgan fingerprint density at radius 2 is 1.67 bits per heavy atom. The lowest BCUT2D eigenvalue weighted by atomic mass is 9.74. The van der Waals surface area contributed by atoms with Gasteiger partial charge in [0.2, 0.25) is 5.83 Å². The van der Waals surface area contributed by atoms with Gasteiger partial charge in [0.25, 0.3) is 5.91 Å². The highest BCUT2D eigenvalue weighted by molar-refractivity contribution is 6.10. The summed E-state index contributed by atoms with van der Waals surface area (Å²) in [6, 6.07) is 14.8. The first-order chi connectivity index (χ1) is 14.1. The normalized spacial score (nSPS) is 24.8. The van der Waals surface area contributed by atoms with Gasteiger partial charge in [-0.3, -0.25) is 9.69 Å². The van der Waals surface area contributed by atoms with Crippen molar-refractivity contribution in [3.8, 4) is 11.1 Å². The number of carbonyl (C=O) groups excluding carboxylic acids is 1. The summed E-state index contributed by atoms with van der Waals surface area (Å²) in [5.74, 6) is -4.57. The maximum atomic E-state index is 14.6. The van der Waals surface area contributed by atoms with Crippen LogP contribution in [-0.2, 0) is 4.79 Å². The maximum Gasteiger partial charge on any atom is 0.391 e. The fourth-order valence-electron chi connectivity index (χ4n) is 4.59. The van der Waals surface area contributed by atoms with E-state index in [1.807, 2.05) is 36.4 Å². The highest BCUT2D eigenvalue weighted by Gasteiger charge is 2.57. The van der Waals surface area contributed by atoms with Crippen LogP contribution >= 0.6 is 0 Å². The molecule has 1 N–H and O–H groups in total. The molecule has 158 valence electrons. The molecule has 0 aromatic heterocycles. The second kappa shape index (κ2) is 7.15. The number of hydrogen-bond donors (Lipinski definition) is 1. The highest BCUT2D eigenvalue weighted by atomic mass is 19.4. The molecule has 0 saturated heterocycles. The minimum atomic E-state index is -4.35. The number of anilines is 1. The van der Waals surface area contributed by atoms with Gasteiger partial charge < -0.3 is 5.11 Å². The lowest BCUT2D eigenvalue weighted by Gasteiger charge is -2.44. The molecular formula is C23H21F4NO2. The number of aryl methyl sites for hydroxylation is 1. The van der Waals surface area contributed by atoms with Crippen molar-refractivity contribution in [3.05, 3.63) is 65.7 Å². The molecule has 1 spiro atoms. The van der Waals surface area contributed by atoms with E-state index in [2.05, 4.69) is 0 Å². The van der Waals surface area contributed by atoms with E-state index >= 15 is 0 Å². The van der Waals surface area contributed by atoms with Gasteiger partial charge in [0.15, 0.2) is 5.76 Å². The molecule has 30 heavy (non-hydrogen) atoms. The van der Waals surface area contributed by atoms with Gasteiger partial charge in [0.05, 0.1) is 5.92 Å². The van der Waals surface area contributed by atoms with Crippen LogP contribution in [-0.4, -0.2) is 22.7 Å². The van der Waals surface area contributed by atoms with E-state index in [1.54, 1.807) is 19.1 Å². The van der Waals surface area contributed by atoms with Crippen molar-refractivity contribution < 1.29 is 27.5 Å². The van der Waals surface area contributed by atoms with Crippen molar-refractivity contribution in [3.63, 3.8) is 0 Å². The van der Waals surface area contributed by atoms with Crippen molar-refractivity contribution >= 4 is 11.6 Å². The smallest absolute Gasteiger partial charge is 0.391 e. The molecule has 1 aliphatic carbocycles. The average Bonchev–Trinajstić information content (AvgIpc) is 2.90. The third kappa shape index (κ3) is 3.16. The zero-order chi connectivity index (χ0) is 21.7. The standard InChI is InChI=1S/C23H21F4NO2/c1-14-7-8-16(15-5-3-2-4-6-15)13-18(14)28-21(30)19(24)20(29)22(28)11-9-17(10-12-22)23(25,26)27/h2-8,13,17,29H,9-12H2,1H3. The number of amides is 1. The summed E-state index contributed by atoms with van der Waals surface area (Å²) in [7, 11) is 0. The number of nitrogens with zero attached hydrogens (tertiary/aromatic N) is 1. The molecule has 2 aliphatic rings. The van der Waals surface area contributed by atoms with Crippen molar-refractivity contribution in [1.82, 2.24) is 0 Å². The van der Waals surface area contributed by atoms with E-state index in [-0.39, 0.29) is 25.7 Å². The molecular weight excluding hydrogens is 398 g/mol. The Balaban J connectivity index is 1.77. The van der Waals surface area contributed by atoms with Crippen LogP contribution in [0.2, 0.25) is 0 Å². The van der Waals surface area contributed by atoms with Crippen LogP contribution < -0.4 is 4.90 Å². The van der Waals surface area contributed by atoms with Gasteiger partial charge in [-0.2, -0.15) is 17.6 Å². The Morgan fingerprint density at radius 1 is 1.03 bits per heavy atom. The monoisotopic (exact) mass is 419 g/mol. The largest absolute Gasteiger partial charge is 0.507 e. The number of benzene rings is 2. The predicted molar refractivity (Wildman–Crippen MR) is 106 cm³/mol. The highest BCUT2D eigenvalue weighted by Crippen LogP contribution is 2.51. The Morgan fingerprint density at radius 3 is 2.27 bits per heavy atom. The molecule has 0 radical (unpaired) electrons. The van der Waals surface area contributed by atoms with Crippen LogP contribution in [0, 0.1) is 12.8 Å². The van der Waals surface area contributed by atoms with E-state index in [9.17, 15) is 27.5 Å². The predicted octanol–water partition coefficient (Wildman–Crippen LogP) is 6.24. The number of carbonyl (C=O) groups is 1. The number of aliphatic hydroxyl groups is 1. The molecule has 4 rings (SSSR count). The van der Waals surface area contributed by atoms with Crippen molar-refractivity contribution in [2.45, 2.75) is 44.3 Å². The summed E-state index contributed by atoms with van der Waals surface area (Å²) in [5.41, 5.74) is 1.25. The summed E-state index contributed by atoms with van der Waals surface area (Å²) in [6.07, 6.45) is -5.21. The fraction of sp³-hybridized carbons (Fsp3) is 0.348. The number of halogens is 4. The molecule has 1 amide bonds. The lowest BCUT2D eigenvalue weighted by Crippen LogP contribution is -2.52. The first kappa shape index (κ1) is 20.4. The second-order valence-corrected chi connectivity index (χ2v) is 8.02. The molecule has 1 saturated carbocycles. The van der Waals surface area contributed by atoms with Gasteiger partial charge in [-0.15, -0.1) is 0 Å². The summed E-state index contributed by atoms with van der Waals surface area (Å²) in [5, 5.41) is 10.5. The topological polar surface area (TPSA) is 40.5 Å². The molecule has 0 atom stereocenters. The van der Waals surface area contributed by atoms with Crippen LogP contribution in [0.3, 0.4) is 0 Å².